The van der Waals surface area contributed by atoms with Crippen LogP contribution in [0.5, 0.6) is 0 Å². The molecule has 0 aliphatic heterocycles. The Labute approximate surface area is 116 Å². The van der Waals surface area contributed by atoms with E-state index in [1.165, 1.54) is 0 Å². The summed E-state index contributed by atoms with van der Waals surface area (Å²) >= 11 is -4.40. The number of carbonyl (C=O) groups is 1. The van der Waals surface area contributed by atoms with Gasteiger partial charge in [-0.05, 0) is 0 Å². The molecule has 1 aliphatic carbocycles. The van der Waals surface area contributed by atoms with Crippen LogP contribution in [0.1, 0.15) is 15.3 Å². The number of hydrogen-bond acceptors (Lipinski definition) is 1. The molecular weight excluding hydrogens is 321 g/mol. The minimum absolute atomic E-state index is 0.192. The molecule has 96 valence electrons. The van der Waals surface area contributed by atoms with Gasteiger partial charge in [-0.3, -0.25) is 0 Å². The van der Waals surface area contributed by atoms with Crippen molar-refractivity contribution in [2.75, 3.05) is 0 Å². The van der Waals surface area contributed by atoms with E-state index in [0.717, 1.165) is 11.1 Å². The van der Waals surface area contributed by atoms with Gasteiger partial charge in [0.25, 0.3) is 0 Å². The number of carbonyl (C=O) groups excluding carboxylic acids is 1. The number of hydrogen-bond donors (Lipinski definition) is 1. The van der Waals surface area contributed by atoms with E-state index in [1.54, 1.807) is 0 Å². The monoisotopic (exact) mass is 335 g/mol. The topological polar surface area (TPSA) is 43.1 Å². The van der Waals surface area contributed by atoms with Gasteiger partial charge in [0.1, 0.15) is 0 Å². The van der Waals surface area contributed by atoms with Crippen molar-refractivity contribution in [3.05, 3.63) is 41.5 Å². The van der Waals surface area contributed by atoms with Crippen molar-refractivity contribution in [3.63, 3.8) is 0 Å². The predicted molar refractivity (Wildman–Crippen MR) is 77.0 cm³/mol. The second-order valence-electron chi connectivity index (χ2n) is 4.91. The molecule has 1 unspecified atom stereocenters. The summed E-state index contributed by atoms with van der Waals surface area (Å²) in [7, 11) is 13.6. The average Bonchev–Trinajstić information content (AvgIpc) is 2.73. The molecule has 0 radical (unpaired) electrons. The maximum absolute atomic E-state index is 12.0. The fraction of sp³-hybridized carbons (Fsp3) is 0.250. The molecule has 2 nitrogen and oxygen atoms in total. The molecule has 18 heavy (non-hydrogen) atoms. The first-order chi connectivity index (χ1) is 8.28. The van der Waals surface area contributed by atoms with E-state index >= 15 is 0 Å². The first-order valence-electron chi connectivity index (χ1n) is 5.73. The van der Waals surface area contributed by atoms with Crippen molar-refractivity contribution in [1.29, 1.82) is 0 Å². The minimum atomic E-state index is -4.40. The van der Waals surface area contributed by atoms with Crippen LogP contribution in [0.4, 0.5) is 4.79 Å². The van der Waals surface area contributed by atoms with Crippen LogP contribution in [0.25, 0.3) is 6.08 Å². The van der Waals surface area contributed by atoms with Gasteiger partial charge in [0.15, 0.2) is 0 Å². The first kappa shape index (κ1) is 14.4. The van der Waals surface area contributed by atoms with E-state index in [1.807, 2.05) is 49.5 Å². The summed E-state index contributed by atoms with van der Waals surface area (Å²) in [6.45, 7) is 3.98. The summed E-state index contributed by atoms with van der Waals surface area (Å²) in [4.78, 5) is 12.0. The van der Waals surface area contributed by atoms with Gasteiger partial charge in [0, 0.05) is 0 Å². The number of amides is 1. The Morgan fingerprint density at radius 2 is 1.94 bits per heavy atom. The Kier molecular flexibility index (Phi) is 3.59. The SMILES string of the molecule is C[Si](C)=[Ti]([Cl])([Cl])([C](N)=O)[CH]1C=Cc2ccccc21. The van der Waals surface area contributed by atoms with Crippen LogP contribution in [-0.2, 0) is 11.9 Å². The number of halogens is 2. The van der Waals surface area contributed by atoms with Gasteiger partial charge in [-0.2, -0.15) is 0 Å². The van der Waals surface area contributed by atoms with Crippen LogP contribution < -0.4 is 5.73 Å². The van der Waals surface area contributed by atoms with E-state index in [2.05, 4.69) is 0 Å². The molecule has 1 aromatic rings. The van der Waals surface area contributed by atoms with Gasteiger partial charge in [-0.1, -0.05) is 0 Å². The van der Waals surface area contributed by atoms with Crippen LogP contribution in [0.3, 0.4) is 0 Å². The molecule has 1 amide bonds. The zero-order chi connectivity index (χ0) is 13.6. The van der Waals surface area contributed by atoms with Crippen molar-refractivity contribution >= 4 is 35.1 Å². The molecule has 0 saturated heterocycles. The normalized spacial score (nSPS) is 18.6. The molecular formula is C12H15Cl2NOSiTi. The molecule has 0 aromatic heterocycles. The molecule has 1 atom stereocenters. The molecule has 0 bridgehead atoms. The standard InChI is InChI=1S/C9H7.C2H6Si.CH2NO.2ClH.Ti/c1-2-5-9-7-3-6-8(9)4-1;1-3-2;2-1-3;;;/h1-7H;1-2H3;(H2,2,3);2*1H;/q;;;;;+2/p-2. The number of fused-ring (bicyclic) bond motifs is 1. The Hall–Kier alpha value is -0.0588. The van der Waals surface area contributed by atoms with Crippen LogP contribution in [0.2, 0.25) is 13.1 Å². The van der Waals surface area contributed by atoms with Gasteiger partial charge in [-0.15, -0.1) is 0 Å². The maximum atomic E-state index is 12.0. The number of nitrogens with two attached hydrogens (primary N) is 1. The molecule has 0 spiro atoms. The number of allylic oxidation sites excluding steroid dienone is 1. The summed E-state index contributed by atoms with van der Waals surface area (Å²) in [6, 6.07) is 7.90. The van der Waals surface area contributed by atoms with E-state index in [9.17, 15) is 4.79 Å². The molecule has 0 fully saturated rings. The van der Waals surface area contributed by atoms with E-state index < -0.39 is 22.3 Å². The van der Waals surface area contributed by atoms with Crippen molar-refractivity contribution in [1.82, 2.24) is 0 Å². The third kappa shape index (κ3) is 1.84. The summed E-state index contributed by atoms with van der Waals surface area (Å²) in [6.07, 6.45) is 2.75. The summed E-state index contributed by atoms with van der Waals surface area (Å²) in [5.41, 5.74) is 7.75. The van der Waals surface area contributed by atoms with Crippen LogP contribution in [0, 0.1) is 0 Å². The second kappa shape index (κ2) is 4.50. The summed E-state index contributed by atoms with van der Waals surface area (Å²) in [5, 5.41) is 0. The molecule has 1 aromatic carbocycles. The van der Waals surface area contributed by atoms with E-state index in [4.69, 9.17) is 24.3 Å². The molecule has 0 heterocycles. The number of rotatable bonds is 2. The molecule has 6 heteroatoms. The fourth-order valence-corrected chi connectivity index (χ4v) is 13.8. The van der Waals surface area contributed by atoms with Crippen LogP contribution >= 0.6 is 18.6 Å². The van der Waals surface area contributed by atoms with Crippen molar-refractivity contribution in [2.24, 2.45) is 5.73 Å². The molecule has 2 N–H and O–H groups in total. The van der Waals surface area contributed by atoms with Gasteiger partial charge in [0.2, 0.25) is 0 Å². The van der Waals surface area contributed by atoms with Gasteiger partial charge < -0.3 is 0 Å². The Balaban J connectivity index is 2.76. The average molecular weight is 336 g/mol. The van der Waals surface area contributed by atoms with Crippen molar-refractivity contribution in [2.45, 2.75) is 17.3 Å². The number of benzene rings is 1. The number of primary amides is 1. The van der Waals surface area contributed by atoms with Gasteiger partial charge in [-0.25, -0.2) is 0 Å². The zero-order valence-corrected chi connectivity index (χ0v) is 14.4. The third-order valence-corrected chi connectivity index (χ3v) is 33.2. The van der Waals surface area contributed by atoms with Crippen LogP contribution in [0.15, 0.2) is 30.3 Å². The van der Waals surface area contributed by atoms with E-state index in [0.29, 0.717) is 0 Å². The first-order valence-corrected chi connectivity index (χ1v) is 16.6. The molecule has 1 aliphatic rings. The van der Waals surface area contributed by atoms with Crippen molar-refractivity contribution < 1.29 is 16.7 Å². The summed E-state index contributed by atoms with van der Waals surface area (Å²) in [5.74, 6) is 0. The van der Waals surface area contributed by atoms with Gasteiger partial charge >= 0.3 is 116 Å². The third-order valence-electron chi connectivity index (χ3n) is 3.71. The Morgan fingerprint density at radius 1 is 1.33 bits per heavy atom. The predicted octanol–water partition coefficient (Wildman–Crippen LogP) is 4.08. The quantitative estimate of drug-likeness (QED) is 0.813. The van der Waals surface area contributed by atoms with E-state index in [-0.39, 0.29) is 4.22 Å². The molecule has 2 rings (SSSR count). The zero-order valence-electron chi connectivity index (χ0n) is 10.3. The van der Waals surface area contributed by atoms with Gasteiger partial charge in [0.05, 0.1) is 0 Å². The van der Waals surface area contributed by atoms with Crippen molar-refractivity contribution in [3.8, 4) is 0 Å². The molecule has 0 saturated carbocycles. The Morgan fingerprint density at radius 3 is 2.50 bits per heavy atom. The van der Waals surface area contributed by atoms with Crippen LogP contribution in [-0.4, -0.2) is 10.4 Å². The Bertz CT molecular complexity index is 629. The second-order valence-corrected chi connectivity index (χ2v) is 30.9. The fourth-order valence-electron chi connectivity index (χ4n) is 2.40. The summed E-state index contributed by atoms with van der Waals surface area (Å²) < 4.78 is -0.663.